The van der Waals surface area contributed by atoms with Crippen molar-refractivity contribution < 1.29 is 8.83 Å². The molecule has 3 heteroatoms. The molecule has 1 spiro atoms. The highest BCUT2D eigenvalue weighted by Crippen LogP contribution is 2.64. The minimum Gasteiger partial charge on any atom is -0.455 e. The van der Waals surface area contributed by atoms with Crippen molar-refractivity contribution in [1.29, 1.82) is 0 Å². The van der Waals surface area contributed by atoms with Crippen LogP contribution >= 0.6 is 0 Å². The standard InChI is InChI=1S/C73H45NO2/c1-6-28-65-57(17-1)58-18-2-7-29-66(58)73(65)67-30-8-3-19-59(67)62-25-12-22-54(70(62)73)50-15-11-16-53(45-50)74(52-43-39-49(40-44-52)56-24-14-27-64-61-21-5-10-32-69(61)76-72(56)64)51-41-37-47(38-42-51)46-33-35-48(36-34-46)55-23-13-26-63-60-20-4-9-31-68(60)75-71(55)63/h1-45H. The number of benzene rings is 12. The quantitative estimate of drug-likeness (QED) is 0.159. The molecule has 2 aromatic heterocycles. The van der Waals surface area contributed by atoms with E-state index in [1.807, 2.05) is 24.3 Å². The van der Waals surface area contributed by atoms with Crippen LogP contribution in [-0.4, -0.2) is 0 Å². The molecule has 2 aliphatic carbocycles. The van der Waals surface area contributed by atoms with Gasteiger partial charge in [-0.3, -0.25) is 0 Å². The molecule has 0 saturated carbocycles. The van der Waals surface area contributed by atoms with E-state index in [9.17, 15) is 0 Å². The fourth-order valence-corrected chi connectivity index (χ4v) is 13.0. The fraction of sp³-hybridized carbons (Fsp3) is 0.0137. The summed E-state index contributed by atoms with van der Waals surface area (Å²) in [5, 5.41) is 4.52. The van der Waals surface area contributed by atoms with Gasteiger partial charge in [0.2, 0.25) is 0 Å². The summed E-state index contributed by atoms with van der Waals surface area (Å²) in [5.41, 5.74) is 25.9. The zero-order valence-electron chi connectivity index (χ0n) is 41.2. The number of fused-ring (bicyclic) bond motifs is 16. The van der Waals surface area contributed by atoms with Crippen molar-refractivity contribution in [2.45, 2.75) is 5.41 Å². The first kappa shape index (κ1) is 42.5. The first-order valence-electron chi connectivity index (χ1n) is 26.1. The Labute approximate surface area is 439 Å². The van der Waals surface area contributed by atoms with Crippen LogP contribution in [0.25, 0.3) is 111 Å². The van der Waals surface area contributed by atoms with Gasteiger partial charge < -0.3 is 13.7 Å². The predicted octanol–water partition coefficient (Wildman–Crippen LogP) is 20.0. The minimum atomic E-state index is -0.473. The number of anilines is 3. The number of para-hydroxylation sites is 4. The molecule has 0 saturated heterocycles. The van der Waals surface area contributed by atoms with Gasteiger partial charge in [0.25, 0.3) is 0 Å². The Balaban J connectivity index is 0.821. The zero-order chi connectivity index (χ0) is 49.9. The van der Waals surface area contributed by atoms with Crippen molar-refractivity contribution in [2.24, 2.45) is 0 Å². The number of rotatable bonds is 7. The maximum absolute atomic E-state index is 6.53. The van der Waals surface area contributed by atoms with Crippen LogP contribution in [0, 0.1) is 0 Å². The van der Waals surface area contributed by atoms with Crippen molar-refractivity contribution in [3.05, 3.63) is 295 Å². The normalized spacial score (nSPS) is 12.8. The van der Waals surface area contributed by atoms with Crippen LogP contribution in [0.5, 0.6) is 0 Å². The average molecular weight is 968 g/mol. The summed E-state index contributed by atoms with van der Waals surface area (Å²) in [4.78, 5) is 2.39. The van der Waals surface area contributed by atoms with Gasteiger partial charge in [-0.1, -0.05) is 224 Å². The van der Waals surface area contributed by atoms with E-state index >= 15 is 0 Å². The van der Waals surface area contributed by atoms with Gasteiger partial charge in [0.15, 0.2) is 0 Å². The number of hydrogen-bond acceptors (Lipinski definition) is 3. The molecule has 0 bridgehead atoms. The van der Waals surface area contributed by atoms with Gasteiger partial charge in [-0.2, -0.15) is 0 Å². The van der Waals surface area contributed by atoms with Gasteiger partial charge in [-0.25, -0.2) is 0 Å². The molecule has 14 aromatic rings. The molecule has 0 radical (unpaired) electrons. The molecule has 354 valence electrons. The van der Waals surface area contributed by atoms with E-state index in [-0.39, 0.29) is 0 Å². The highest BCUT2D eigenvalue weighted by atomic mass is 16.3. The Morgan fingerprint density at radius 2 is 0.632 bits per heavy atom. The van der Waals surface area contributed by atoms with Crippen LogP contribution in [0.4, 0.5) is 17.1 Å². The molecule has 0 N–H and O–H groups in total. The molecular weight excluding hydrogens is 923 g/mol. The molecule has 0 unspecified atom stereocenters. The topological polar surface area (TPSA) is 29.5 Å². The second kappa shape index (κ2) is 16.5. The van der Waals surface area contributed by atoms with Crippen LogP contribution in [-0.2, 0) is 5.41 Å². The van der Waals surface area contributed by atoms with Crippen LogP contribution in [0.1, 0.15) is 22.3 Å². The molecule has 12 aromatic carbocycles. The second-order valence-corrected chi connectivity index (χ2v) is 20.2. The predicted molar refractivity (Wildman–Crippen MR) is 314 cm³/mol. The summed E-state index contributed by atoms with van der Waals surface area (Å²) >= 11 is 0. The molecule has 0 fully saturated rings. The Morgan fingerprint density at radius 3 is 1.18 bits per heavy atom. The summed E-state index contributed by atoms with van der Waals surface area (Å²) in [6.07, 6.45) is 0. The lowest BCUT2D eigenvalue weighted by Gasteiger charge is -2.32. The zero-order valence-corrected chi connectivity index (χ0v) is 41.2. The van der Waals surface area contributed by atoms with Crippen LogP contribution in [0.2, 0.25) is 0 Å². The largest absolute Gasteiger partial charge is 0.455 e. The molecule has 76 heavy (non-hydrogen) atoms. The van der Waals surface area contributed by atoms with Crippen molar-refractivity contribution in [1.82, 2.24) is 0 Å². The molecule has 16 rings (SSSR count). The van der Waals surface area contributed by atoms with Gasteiger partial charge in [0.1, 0.15) is 22.3 Å². The van der Waals surface area contributed by atoms with Crippen molar-refractivity contribution in [3.63, 3.8) is 0 Å². The lowest BCUT2D eigenvalue weighted by molar-refractivity contribution is 0.669. The highest BCUT2D eigenvalue weighted by Gasteiger charge is 2.52. The first-order chi connectivity index (χ1) is 37.7. The van der Waals surface area contributed by atoms with E-state index in [0.29, 0.717) is 0 Å². The number of nitrogens with zero attached hydrogens (tertiary/aromatic N) is 1. The first-order valence-corrected chi connectivity index (χ1v) is 26.1. The summed E-state index contributed by atoms with van der Waals surface area (Å²) < 4.78 is 12.9. The van der Waals surface area contributed by atoms with Gasteiger partial charge in [0.05, 0.1) is 5.41 Å². The smallest absolute Gasteiger partial charge is 0.143 e. The van der Waals surface area contributed by atoms with Crippen molar-refractivity contribution in [3.8, 4) is 66.8 Å². The van der Waals surface area contributed by atoms with Gasteiger partial charge in [0, 0.05) is 49.7 Å². The molecule has 0 amide bonds. The third-order valence-electron chi connectivity index (χ3n) is 16.3. The van der Waals surface area contributed by atoms with E-state index in [1.54, 1.807) is 0 Å². The van der Waals surface area contributed by atoms with Crippen LogP contribution in [0.15, 0.2) is 282 Å². The van der Waals surface area contributed by atoms with E-state index in [2.05, 4.69) is 254 Å². The van der Waals surface area contributed by atoms with Gasteiger partial charge >= 0.3 is 0 Å². The number of furan rings is 2. The number of hydrogen-bond donors (Lipinski definition) is 0. The third-order valence-corrected chi connectivity index (χ3v) is 16.3. The maximum atomic E-state index is 6.53. The summed E-state index contributed by atoms with van der Waals surface area (Å²) in [6, 6.07) is 99.5. The Kier molecular flexibility index (Phi) is 9.25. The van der Waals surface area contributed by atoms with Crippen molar-refractivity contribution in [2.75, 3.05) is 4.90 Å². The molecule has 2 heterocycles. The monoisotopic (exact) mass is 967 g/mol. The van der Waals surface area contributed by atoms with Crippen molar-refractivity contribution >= 4 is 60.9 Å². The SMILES string of the molecule is c1cc(-c2cccc3c2C2(c4ccccc4-c4ccccc42)c2ccccc2-3)cc(N(c2ccc(-c3ccc(-c4cccc5c4oc4ccccc45)cc3)cc2)c2ccc(-c3cccc4c3oc3ccccc34)cc2)c1. The summed E-state index contributed by atoms with van der Waals surface area (Å²) in [5.74, 6) is 0. The van der Waals surface area contributed by atoms with Crippen LogP contribution < -0.4 is 4.90 Å². The third kappa shape index (κ3) is 6.17. The molecule has 0 atom stereocenters. The fourth-order valence-electron chi connectivity index (χ4n) is 13.0. The summed E-state index contributed by atoms with van der Waals surface area (Å²) in [7, 11) is 0. The molecule has 0 aliphatic heterocycles. The van der Waals surface area contributed by atoms with Crippen LogP contribution in [0.3, 0.4) is 0 Å². The molecular formula is C73H45NO2. The molecule has 2 aliphatic rings. The maximum Gasteiger partial charge on any atom is 0.143 e. The molecule has 3 nitrogen and oxygen atoms in total. The van der Waals surface area contributed by atoms with E-state index in [1.165, 1.54) is 50.1 Å². The highest BCUT2D eigenvalue weighted by molar-refractivity contribution is 6.11. The summed E-state index contributed by atoms with van der Waals surface area (Å²) in [6.45, 7) is 0. The lowest BCUT2D eigenvalue weighted by atomic mass is 9.68. The van der Waals surface area contributed by atoms with E-state index in [0.717, 1.165) is 99.9 Å². The van der Waals surface area contributed by atoms with E-state index in [4.69, 9.17) is 8.83 Å². The van der Waals surface area contributed by atoms with Gasteiger partial charge in [-0.15, -0.1) is 0 Å². The Hall–Kier alpha value is -9.96. The van der Waals surface area contributed by atoms with E-state index < -0.39 is 5.41 Å². The lowest BCUT2D eigenvalue weighted by Crippen LogP contribution is -2.26. The van der Waals surface area contributed by atoms with Gasteiger partial charge in [-0.05, 0) is 126 Å². The minimum absolute atomic E-state index is 0.473. The Bertz CT molecular complexity index is 4570. The Morgan fingerprint density at radius 1 is 0.250 bits per heavy atom. The second-order valence-electron chi connectivity index (χ2n) is 20.2. The average Bonchev–Trinajstić information content (AvgIpc) is 4.33.